The van der Waals surface area contributed by atoms with E-state index < -0.39 is 0 Å². The summed E-state index contributed by atoms with van der Waals surface area (Å²) < 4.78 is 2.15. The van der Waals surface area contributed by atoms with Crippen molar-refractivity contribution in [2.24, 2.45) is 7.05 Å². The second kappa shape index (κ2) is 4.22. The average molecular weight is 246 g/mol. The summed E-state index contributed by atoms with van der Waals surface area (Å²) in [6.07, 6.45) is 0. The third-order valence-corrected chi connectivity index (χ3v) is 3.04. The molecule has 0 fully saturated rings. The van der Waals surface area contributed by atoms with Gasteiger partial charge in [0.2, 0.25) is 11.0 Å². The van der Waals surface area contributed by atoms with Gasteiger partial charge in [-0.05, 0) is 24.3 Å². The molecule has 0 spiro atoms. The first kappa shape index (κ1) is 11.7. The highest BCUT2D eigenvalue weighted by Crippen LogP contribution is 2.21. The minimum absolute atomic E-state index is 0. The number of nitrogen functional groups attached to an aromatic ring is 1. The molecule has 0 aliphatic heterocycles. The first-order valence-electron chi connectivity index (χ1n) is 5.33. The number of aryl methyl sites for hydroxylation is 1. The first-order valence-corrected chi connectivity index (χ1v) is 5.33. The van der Waals surface area contributed by atoms with E-state index in [1.165, 1.54) is 16.3 Å². The summed E-state index contributed by atoms with van der Waals surface area (Å²) in [7, 11) is 2.06. The third-order valence-electron chi connectivity index (χ3n) is 3.04. The van der Waals surface area contributed by atoms with Crippen molar-refractivity contribution in [2.45, 2.75) is 0 Å². The van der Waals surface area contributed by atoms with Crippen molar-refractivity contribution in [2.75, 3.05) is 5.73 Å². The second-order valence-electron chi connectivity index (χ2n) is 4.05. The number of benzene rings is 2. The minimum Gasteiger partial charge on any atom is -0.393 e. The Bertz CT molecular complexity index is 692. The number of nitrogens with two attached hydrogens (primary N) is 1. The Labute approximate surface area is 106 Å². The summed E-state index contributed by atoms with van der Waals surface area (Å²) in [4.78, 5) is 0. The number of fused-ring (bicyclic) bond motifs is 2. The maximum absolute atomic E-state index is 6.03. The number of aromatic nitrogens is 1. The van der Waals surface area contributed by atoms with Crippen molar-refractivity contribution in [3.8, 4) is 0 Å². The summed E-state index contributed by atoms with van der Waals surface area (Å²) in [6, 6.07) is 16.6. The zero-order valence-corrected chi connectivity index (χ0v) is 10.4. The van der Waals surface area contributed by atoms with Crippen LogP contribution in [0.3, 0.4) is 0 Å². The molecular formula is C14H14ClN2+. The molecular weight excluding hydrogens is 232 g/mol. The number of nitrogens with zero attached hydrogens (tertiary/aromatic N) is 1. The predicted octanol–water partition coefficient (Wildman–Crippen LogP) is 2.82. The first-order chi connectivity index (χ1) is 7.77. The molecule has 1 aromatic heterocycles. The number of para-hydroxylation sites is 2. The van der Waals surface area contributed by atoms with Gasteiger partial charge in [0.15, 0.2) is 0 Å². The molecule has 3 rings (SSSR count). The van der Waals surface area contributed by atoms with Gasteiger partial charge in [-0.25, -0.2) is 0 Å². The topological polar surface area (TPSA) is 29.9 Å². The fourth-order valence-corrected chi connectivity index (χ4v) is 2.29. The zero-order chi connectivity index (χ0) is 11.1. The molecule has 0 atom stereocenters. The molecule has 0 aliphatic carbocycles. The van der Waals surface area contributed by atoms with E-state index in [1.54, 1.807) is 0 Å². The van der Waals surface area contributed by atoms with Gasteiger partial charge in [0.25, 0.3) is 0 Å². The van der Waals surface area contributed by atoms with E-state index in [9.17, 15) is 0 Å². The van der Waals surface area contributed by atoms with Crippen molar-refractivity contribution >= 4 is 39.9 Å². The highest BCUT2D eigenvalue weighted by atomic mass is 35.5. The lowest BCUT2D eigenvalue weighted by Gasteiger charge is -2.03. The van der Waals surface area contributed by atoms with Crippen LogP contribution in [0.15, 0.2) is 48.5 Å². The van der Waals surface area contributed by atoms with Gasteiger partial charge in [-0.1, -0.05) is 18.2 Å². The molecule has 1 heterocycles. The summed E-state index contributed by atoms with van der Waals surface area (Å²) in [6.45, 7) is 0. The standard InChI is InChI=1S/C14H13N2.ClH/c1-16-13-8-3-2-5-10(13)9-11-6-4-7-12(15)14(11)16;/h2-9H,15H2,1H3;1H/q+1;. The molecule has 2 aromatic carbocycles. The number of rotatable bonds is 0. The predicted molar refractivity (Wildman–Crippen MR) is 74.3 cm³/mol. The Morgan fingerprint density at radius 1 is 0.941 bits per heavy atom. The van der Waals surface area contributed by atoms with Gasteiger partial charge < -0.3 is 5.73 Å². The van der Waals surface area contributed by atoms with E-state index in [-0.39, 0.29) is 12.4 Å². The van der Waals surface area contributed by atoms with Gasteiger partial charge >= 0.3 is 0 Å². The molecule has 2 nitrogen and oxygen atoms in total. The van der Waals surface area contributed by atoms with Crippen LogP contribution >= 0.6 is 12.4 Å². The van der Waals surface area contributed by atoms with Crippen molar-refractivity contribution in [1.82, 2.24) is 0 Å². The van der Waals surface area contributed by atoms with Crippen LogP contribution in [-0.2, 0) is 7.05 Å². The van der Waals surface area contributed by atoms with Crippen LogP contribution in [0.25, 0.3) is 21.8 Å². The number of halogens is 1. The van der Waals surface area contributed by atoms with E-state index in [1.807, 2.05) is 18.2 Å². The van der Waals surface area contributed by atoms with Gasteiger partial charge in [0.05, 0.1) is 0 Å². The van der Waals surface area contributed by atoms with Gasteiger partial charge in [-0.2, -0.15) is 4.57 Å². The summed E-state index contributed by atoms with van der Waals surface area (Å²) in [5.41, 5.74) is 9.15. The molecule has 0 bridgehead atoms. The van der Waals surface area contributed by atoms with Crippen molar-refractivity contribution in [3.63, 3.8) is 0 Å². The Kier molecular flexibility index (Phi) is 2.90. The summed E-state index contributed by atoms with van der Waals surface area (Å²) >= 11 is 0. The quantitative estimate of drug-likeness (QED) is 0.368. The molecule has 3 heteroatoms. The van der Waals surface area contributed by atoms with Crippen LogP contribution in [-0.4, -0.2) is 0 Å². The van der Waals surface area contributed by atoms with Gasteiger partial charge in [0, 0.05) is 16.8 Å². The molecule has 0 radical (unpaired) electrons. The van der Waals surface area contributed by atoms with Crippen molar-refractivity contribution in [3.05, 3.63) is 48.5 Å². The Balaban J connectivity index is 0.00000108. The number of hydrogen-bond acceptors (Lipinski definition) is 1. The van der Waals surface area contributed by atoms with Gasteiger partial charge in [-0.15, -0.1) is 12.4 Å². The maximum Gasteiger partial charge on any atom is 0.235 e. The van der Waals surface area contributed by atoms with Crippen LogP contribution in [0.1, 0.15) is 0 Å². The molecule has 0 saturated heterocycles. The Hall–Kier alpha value is -1.80. The molecule has 3 aromatic rings. The van der Waals surface area contributed by atoms with Crippen LogP contribution in [0.5, 0.6) is 0 Å². The number of anilines is 1. The van der Waals surface area contributed by atoms with Crippen molar-refractivity contribution < 1.29 is 4.57 Å². The highest BCUT2D eigenvalue weighted by molar-refractivity contribution is 5.93. The van der Waals surface area contributed by atoms with Gasteiger partial charge in [0.1, 0.15) is 12.7 Å². The lowest BCUT2D eigenvalue weighted by molar-refractivity contribution is -0.617. The third kappa shape index (κ3) is 1.71. The van der Waals surface area contributed by atoms with Crippen molar-refractivity contribution in [1.29, 1.82) is 0 Å². The fourth-order valence-electron chi connectivity index (χ4n) is 2.29. The molecule has 0 aliphatic rings. The molecule has 0 saturated carbocycles. The van der Waals surface area contributed by atoms with E-state index in [2.05, 4.69) is 41.9 Å². The summed E-state index contributed by atoms with van der Waals surface area (Å²) in [5, 5.41) is 2.42. The highest BCUT2D eigenvalue weighted by Gasteiger charge is 2.12. The number of pyridine rings is 1. The monoisotopic (exact) mass is 245 g/mol. The minimum atomic E-state index is 0. The summed E-state index contributed by atoms with van der Waals surface area (Å²) in [5.74, 6) is 0. The average Bonchev–Trinajstić information content (AvgIpc) is 2.29. The maximum atomic E-state index is 6.03. The molecule has 17 heavy (non-hydrogen) atoms. The molecule has 2 N–H and O–H groups in total. The largest absolute Gasteiger partial charge is 0.393 e. The number of hydrogen-bond donors (Lipinski definition) is 1. The van der Waals surface area contributed by atoms with Crippen LogP contribution in [0.4, 0.5) is 5.69 Å². The lowest BCUT2D eigenvalue weighted by Crippen LogP contribution is -2.30. The van der Waals surface area contributed by atoms with E-state index in [4.69, 9.17) is 5.73 Å². The normalized spacial score (nSPS) is 10.4. The van der Waals surface area contributed by atoms with Crippen LogP contribution in [0, 0.1) is 0 Å². The fraction of sp³-hybridized carbons (Fsp3) is 0.0714. The SMILES string of the molecule is C[n+]1c2ccccc2cc2cccc(N)c21.Cl. The lowest BCUT2D eigenvalue weighted by atomic mass is 10.1. The smallest absolute Gasteiger partial charge is 0.235 e. The van der Waals surface area contributed by atoms with E-state index in [0.717, 1.165) is 11.2 Å². The molecule has 0 amide bonds. The molecule has 0 unspecified atom stereocenters. The van der Waals surface area contributed by atoms with Crippen LogP contribution < -0.4 is 10.3 Å². The zero-order valence-electron chi connectivity index (χ0n) is 9.55. The van der Waals surface area contributed by atoms with Crippen LogP contribution in [0.2, 0.25) is 0 Å². The molecule has 86 valence electrons. The Morgan fingerprint density at radius 3 is 2.47 bits per heavy atom. The van der Waals surface area contributed by atoms with E-state index >= 15 is 0 Å². The van der Waals surface area contributed by atoms with E-state index in [0.29, 0.717) is 0 Å². The second-order valence-corrected chi connectivity index (χ2v) is 4.05. The Morgan fingerprint density at radius 2 is 1.65 bits per heavy atom. The van der Waals surface area contributed by atoms with Gasteiger partial charge in [-0.3, -0.25) is 0 Å².